The normalized spacial score (nSPS) is 13.5. The standard InChI is InChI=1S/C25H37F3N4O4/c1-3-4-5-6-7-8-9-10-11-12-20(33)16-23(34)36-18(2)17-29-24-30-21-14-13-19(25(26,27)28)15-22(21)32(35)31-24/h13-15,18,20,33H,3-12,16-17H2,1-2H3,(H,29,30,31). The lowest BCUT2D eigenvalue weighted by Crippen LogP contribution is -2.35. The second kappa shape index (κ2) is 14.8. The van der Waals surface area contributed by atoms with Crippen molar-refractivity contribution in [2.24, 2.45) is 0 Å². The molecular weight excluding hydrogens is 477 g/mol. The van der Waals surface area contributed by atoms with Gasteiger partial charge in [0.05, 0.1) is 29.7 Å². The van der Waals surface area contributed by atoms with Gasteiger partial charge in [-0.15, -0.1) is 0 Å². The highest BCUT2D eigenvalue weighted by molar-refractivity contribution is 5.72. The summed E-state index contributed by atoms with van der Waals surface area (Å²) in [4.78, 5) is 16.2. The van der Waals surface area contributed by atoms with E-state index in [2.05, 4.69) is 22.3 Å². The predicted molar refractivity (Wildman–Crippen MR) is 130 cm³/mol. The van der Waals surface area contributed by atoms with Crippen LogP contribution in [0, 0.1) is 5.21 Å². The van der Waals surface area contributed by atoms with Gasteiger partial charge in [0.25, 0.3) is 11.5 Å². The lowest BCUT2D eigenvalue weighted by Gasteiger charge is -2.16. The number of esters is 1. The summed E-state index contributed by atoms with van der Waals surface area (Å²) in [6, 6.07) is 2.62. The number of alkyl halides is 3. The summed E-state index contributed by atoms with van der Waals surface area (Å²) in [7, 11) is 0. The van der Waals surface area contributed by atoms with Crippen molar-refractivity contribution in [2.75, 3.05) is 11.9 Å². The molecule has 2 rings (SSSR count). The Morgan fingerprint density at radius 1 is 1.14 bits per heavy atom. The Labute approximate surface area is 209 Å². The van der Waals surface area contributed by atoms with Crippen LogP contribution in [0.25, 0.3) is 11.0 Å². The van der Waals surface area contributed by atoms with Crippen molar-refractivity contribution in [3.05, 3.63) is 29.0 Å². The minimum Gasteiger partial charge on any atom is -0.594 e. The molecule has 1 aromatic carbocycles. The number of anilines is 1. The predicted octanol–water partition coefficient (Wildman–Crippen LogP) is 5.30. The fourth-order valence-corrected chi connectivity index (χ4v) is 3.83. The summed E-state index contributed by atoms with van der Waals surface area (Å²) >= 11 is 0. The molecule has 1 heterocycles. The Hall–Kier alpha value is -2.69. The summed E-state index contributed by atoms with van der Waals surface area (Å²) in [5, 5.41) is 28.5. The third-order valence-corrected chi connectivity index (χ3v) is 5.84. The Morgan fingerprint density at radius 3 is 2.42 bits per heavy atom. The van der Waals surface area contributed by atoms with Gasteiger partial charge in [0.1, 0.15) is 11.6 Å². The fraction of sp³-hybridized carbons (Fsp3) is 0.680. The lowest BCUT2D eigenvalue weighted by atomic mass is 10.0. The molecule has 8 nitrogen and oxygen atoms in total. The summed E-state index contributed by atoms with van der Waals surface area (Å²) < 4.78 is 43.8. The molecule has 202 valence electrons. The van der Waals surface area contributed by atoms with Crippen LogP contribution < -0.4 is 10.2 Å². The van der Waals surface area contributed by atoms with E-state index in [0.717, 1.165) is 31.4 Å². The highest BCUT2D eigenvalue weighted by Crippen LogP contribution is 2.30. The number of unbranched alkanes of at least 4 members (excludes halogenated alkanes) is 8. The van der Waals surface area contributed by atoms with Crippen LogP contribution in [0.3, 0.4) is 0 Å². The number of halogens is 3. The molecule has 0 aliphatic carbocycles. The van der Waals surface area contributed by atoms with Crippen LogP contribution in [0.5, 0.6) is 0 Å². The van der Waals surface area contributed by atoms with Crippen LogP contribution >= 0.6 is 0 Å². The number of nitrogens with one attached hydrogen (secondary N) is 1. The maximum atomic E-state index is 12.8. The van der Waals surface area contributed by atoms with Gasteiger partial charge in [-0.05, 0) is 30.3 Å². The number of rotatable bonds is 16. The van der Waals surface area contributed by atoms with Crippen LogP contribution in [0.4, 0.5) is 19.1 Å². The highest BCUT2D eigenvalue weighted by atomic mass is 19.4. The second-order valence-electron chi connectivity index (χ2n) is 9.17. The van der Waals surface area contributed by atoms with Crippen molar-refractivity contribution in [2.45, 2.75) is 103 Å². The summed E-state index contributed by atoms with van der Waals surface area (Å²) in [5.41, 5.74) is -1.24. The number of aromatic nitrogens is 3. The third kappa shape index (κ3) is 10.5. The summed E-state index contributed by atoms with van der Waals surface area (Å²) in [6.45, 7) is 3.90. The third-order valence-electron chi connectivity index (χ3n) is 5.84. The van der Waals surface area contributed by atoms with Gasteiger partial charge >= 0.3 is 12.1 Å². The van der Waals surface area contributed by atoms with Gasteiger partial charge in [-0.1, -0.05) is 64.7 Å². The zero-order valence-electron chi connectivity index (χ0n) is 21.0. The molecule has 0 fully saturated rings. The maximum Gasteiger partial charge on any atom is 0.416 e. The molecule has 2 aromatic rings. The lowest BCUT2D eigenvalue weighted by molar-refractivity contribution is -0.641. The van der Waals surface area contributed by atoms with Crippen LogP contribution in [-0.2, 0) is 15.7 Å². The first-order valence-electron chi connectivity index (χ1n) is 12.7. The van der Waals surface area contributed by atoms with E-state index in [-0.39, 0.29) is 34.8 Å². The van der Waals surface area contributed by atoms with Gasteiger partial charge < -0.3 is 20.4 Å². The maximum absolute atomic E-state index is 12.8. The minimum atomic E-state index is -4.58. The number of fused-ring (bicyclic) bond motifs is 1. The molecule has 36 heavy (non-hydrogen) atoms. The summed E-state index contributed by atoms with van der Waals surface area (Å²) in [5.74, 6) is -0.642. The van der Waals surface area contributed by atoms with Crippen molar-refractivity contribution >= 4 is 23.0 Å². The Kier molecular flexibility index (Phi) is 12.1. The Balaban J connectivity index is 1.68. The first kappa shape index (κ1) is 29.5. The first-order valence-corrected chi connectivity index (χ1v) is 12.7. The highest BCUT2D eigenvalue weighted by Gasteiger charge is 2.32. The molecule has 0 saturated carbocycles. The number of hydrogen-bond donors (Lipinski definition) is 2. The number of nitrogens with zero attached hydrogens (tertiary/aromatic N) is 3. The molecular formula is C25H37F3N4O4. The SMILES string of the molecule is CCCCCCCCCCCC(O)CC(=O)OC(C)CNc1nc2ccc(C(F)(F)F)cc2[n+]([O-])n1. The largest absolute Gasteiger partial charge is 0.594 e. The van der Waals surface area contributed by atoms with Crippen LogP contribution in [-0.4, -0.2) is 39.9 Å². The first-order chi connectivity index (χ1) is 17.1. The molecule has 2 N–H and O–H groups in total. The van der Waals surface area contributed by atoms with Gasteiger partial charge in [0, 0.05) is 6.07 Å². The van der Waals surface area contributed by atoms with Gasteiger partial charge in [-0.25, -0.2) is 4.98 Å². The molecule has 0 bridgehead atoms. The van der Waals surface area contributed by atoms with Crippen LogP contribution in [0.1, 0.15) is 90.0 Å². The van der Waals surface area contributed by atoms with Crippen LogP contribution in [0.2, 0.25) is 0 Å². The molecule has 0 radical (unpaired) electrons. The van der Waals surface area contributed by atoms with Crippen LogP contribution in [0.15, 0.2) is 18.2 Å². The molecule has 0 spiro atoms. The van der Waals surface area contributed by atoms with Gasteiger partial charge in [-0.3, -0.25) is 4.79 Å². The number of carbonyl (C=O) groups is 1. The summed E-state index contributed by atoms with van der Waals surface area (Å²) in [6.07, 6.45) is 5.09. The van der Waals surface area contributed by atoms with E-state index >= 15 is 0 Å². The molecule has 0 aliphatic heterocycles. The number of aliphatic hydroxyl groups excluding tert-OH is 1. The smallest absolute Gasteiger partial charge is 0.416 e. The van der Waals surface area contributed by atoms with Crippen molar-refractivity contribution in [1.82, 2.24) is 10.1 Å². The average Bonchev–Trinajstić information content (AvgIpc) is 2.80. The molecule has 1 aromatic heterocycles. The zero-order valence-corrected chi connectivity index (χ0v) is 21.0. The monoisotopic (exact) mass is 514 g/mol. The van der Waals surface area contributed by atoms with Crippen molar-refractivity contribution < 1.29 is 32.7 Å². The van der Waals surface area contributed by atoms with E-state index < -0.39 is 29.9 Å². The van der Waals surface area contributed by atoms with E-state index in [9.17, 15) is 28.3 Å². The number of hydrogen-bond acceptors (Lipinski definition) is 7. The van der Waals surface area contributed by atoms with Gasteiger partial charge in [-0.2, -0.15) is 13.2 Å². The minimum absolute atomic E-state index is 0.0414. The zero-order chi connectivity index (χ0) is 26.6. The van der Waals surface area contributed by atoms with Crippen molar-refractivity contribution in [3.8, 4) is 0 Å². The topological polar surface area (TPSA) is 111 Å². The van der Waals surface area contributed by atoms with Gasteiger partial charge in [0.15, 0.2) is 0 Å². The fourth-order valence-electron chi connectivity index (χ4n) is 3.83. The van der Waals surface area contributed by atoms with Crippen molar-refractivity contribution in [3.63, 3.8) is 0 Å². The number of aliphatic hydroxyl groups is 1. The van der Waals surface area contributed by atoms with E-state index in [4.69, 9.17) is 4.74 Å². The molecule has 0 saturated heterocycles. The second-order valence-corrected chi connectivity index (χ2v) is 9.17. The number of benzene rings is 1. The molecule has 0 aliphatic rings. The van der Waals surface area contributed by atoms with Gasteiger partial charge in [0.2, 0.25) is 0 Å². The Morgan fingerprint density at radius 2 is 1.78 bits per heavy atom. The van der Waals surface area contributed by atoms with Crippen molar-refractivity contribution in [1.29, 1.82) is 0 Å². The van der Waals surface area contributed by atoms with E-state index in [1.165, 1.54) is 38.5 Å². The molecule has 11 heteroatoms. The molecule has 2 atom stereocenters. The Bertz CT molecular complexity index is 959. The quantitative estimate of drug-likeness (QED) is 0.135. The van der Waals surface area contributed by atoms with E-state index in [0.29, 0.717) is 12.5 Å². The van der Waals surface area contributed by atoms with E-state index in [1.807, 2.05) is 0 Å². The van der Waals surface area contributed by atoms with E-state index in [1.54, 1.807) is 6.92 Å². The molecule has 2 unspecified atom stereocenters. The number of carbonyl (C=O) groups excluding carboxylic acids is 1. The average molecular weight is 515 g/mol. The number of ether oxygens (including phenoxy) is 1. The molecule has 0 amide bonds.